The molecule has 0 bridgehead atoms. The van der Waals surface area contributed by atoms with Crippen LogP contribution in [0.1, 0.15) is 11.7 Å². The van der Waals surface area contributed by atoms with Crippen LogP contribution in [0.3, 0.4) is 0 Å². The predicted molar refractivity (Wildman–Crippen MR) is 38.0 cm³/mol. The van der Waals surface area contributed by atoms with Gasteiger partial charge in [-0.3, -0.25) is 4.98 Å². The highest BCUT2D eigenvalue weighted by Gasteiger charge is 1.99. The van der Waals surface area contributed by atoms with Gasteiger partial charge in [0.05, 0.1) is 0 Å². The minimum Gasteiger partial charge on any atom is -0.376 e. The molecule has 0 amide bonds. The first-order valence-electron chi connectivity index (χ1n) is 2.88. The monoisotopic (exact) mass is 133 g/mol. The molecule has 0 saturated carbocycles. The minimum absolute atomic E-state index is 0.657. The third-order valence-electron chi connectivity index (χ3n) is 1.16. The van der Waals surface area contributed by atoms with E-state index in [1.807, 2.05) is 0 Å². The largest absolute Gasteiger partial charge is 0.376 e. The van der Waals surface area contributed by atoms with Crippen molar-refractivity contribution in [1.82, 2.24) is 4.98 Å². The molecule has 1 aromatic heterocycles. The zero-order valence-corrected chi connectivity index (χ0v) is 5.36. The van der Waals surface area contributed by atoms with Crippen molar-refractivity contribution >= 4 is 0 Å². The van der Waals surface area contributed by atoms with Crippen molar-refractivity contribution in [1.29, 1.82) is 0 Å². The Labute approximate surface area is 59.5 Å². The quantitative estimate of drug-likeness (QED) is 0.573. The van der Waals surface area contributed by atoms with Crippen LogP contribution in [0, 0.1) is 12.3 Å². The van der Waals surface area contributed by atoms with E-state index in [0.29, 0.717) is 5.56 Å². The molecular formula is C8H7NO. The molecule has 0 aliphatic carbocycles. The maximum Gasteiger partial charge on any atom is 0.141 e. The molecule has 1 heterocycles. The summed E-state index contributed by atoms with van der Waals surface area (Å²) in [5, 5.41) is 9.05. The summed E-state index contributed by atoms with van der Waals surface area (Å²) >= 11 is 0. The number of hydrogen-bond acceptors (Lipinski definition) is 2. The maximum absolute atomic E-state index is 9.05. The predicted octanol–water partition coefficient (Wildman–Crippen LogP) is 0.748. The number of terminal acetylenes is 1. The van der Waals surface area contributed by atoms with Crippen LogP contribution in [0.5, 0.6) is 0 Å². The molecule has 0 radical (unpaired) electrons. The van der Waals surface area contributed by atoms with Gasteiger partial charge in [-0.2, -0.15) is 0 Å². The second kappa shape index (κ2) is 3.00. The van der Waals surface area contributed by atoms with Gasteiger partial charge >= 0.3 is 0 Å². The van der Waals surface area contributed by atoms with Crippen LogP contribution in [0.25, 0.3) is 0 Å². The van der Waals surface area contributed by atoms with E-state index in [4.69, 9.17) is 11.5 Å². The van der Waals surface area contributed by atoms with E-state index in [0.717, 1.165) is 0 Å². The van der Waals surface area contributed by atoms with Gasteiger partial charge < -0.3 is 5.11 Å². The molecule has 1 unspecified atom stereocenters. The Morgan fingerprint density at radius 3 is 3.00 bits per heavy atom. The normalized spacial score (nSPS) is 12.0. The van der Waals surface area contributed by atoms with E-state index >= 15 is 0 Å². The molecule has 1 atom stereocenters. The van der Waals surface area contributed by atoms with Crippen LogP contribution in [-0.4, -0.2) is 10.1 Å². The molecule has 2 nitrogen and oxygen atoms in total. The van der Waals surface area contributed by atoms with Crippen molar-refractivity contribution in [2.24, 2.45) is 0 Å². The lowest BCUT2D eigenvalue weighted by Crippen LogP contribution is -1.92. The smallest absolute Gasteiger partial charge is 0.141 e. The maximum atomic E-state index is 9.05. The Morgan fingerprint density at radius 1 is 1.70 bits per heavy atom. The molecule has 2 heteroatoms. The summed E-state index contributed by atoms with van der Waals surface area (Å²) in [7, 11) is 0. The van der Waals surface area contributed by atoms with Crippen molar-refractivity contribution in [2.45, 2.75) is 6.10 Å². The number of aliphatic hydroxyl groups excluding tert-OH is 1. The van der Waals surface area contributed by atoms with Gasteiger partial charge in [0.15, 0.2) is 0 Å². The van der Waals surface area contributed by atoms with Crippen LogP contribution in [-0.2, 0) is 0 Å². The number of pyridine rings is 1. The van der Waals surface area contributed by atoms with E-state index in [1.165, 1.54) is 0 Å². The Kier molecular flexibility index (Phi) is 2.03. The Bertz CT molecular complexity index is 237. The summed E-state index contributed by atoms with van der Waals surface area (Å²) in [6.07, 6.45) is 7.33. The van der Waals surface area contributed by atoms with Crippen molar-refractivity contribution in [2.75, 3.05) is 0 Å². The first-order valence-corrected chi connectivity index (χ1v) is 2.88. The zero-order valence-electron chi connectivity index (χ0n) is 5.36. The fourth-order valence-electron chi connectivity index (χ4n) is 0.634. The molecule has 10 heavy (non-hydrogen) atoms. The summed E-state index contributed by atoms with van der Waals surface area (Å²) < 4.78 is 0. The molecule has 1 rings (SSSR count). The van der Waals surface area contributed by atoms with Crippen molar-refractivity contribution in [3.8, 4) is 12.3 Å². The first kappa shape index (κ1) is 6.79. The third-order valence-corrected chi connectivity index (χ3v) is 1.16. The number of aromatic nitrogens is 1. The van der Waals surface area contributed by atoms with Crippen molar-refractivity contribution < 1.29 is 5.11 Å². The van der Waals surface area contributed by atoms with Crippen LogP contribution < -0.4 is 0 Å². The van der Waals surface area contributed by atoms with Crippen LogP contribution in [0.2, 0.25) is 0 Å². The first-order chi connectivity index (χ1) is 4.84. The average molecular weight is 133 g/mol. The molecule has 0 fully saturated rings. The van der Waals surface area contributed by atoms with Gasteiger partial charge in [0.25, 0.3) is 0 Å². The summed E-state index contributed by atoms with van der Waals surface area (Å²) in [5.74, 6) is 2.20. The molecule has 0 spiro atoms. The molecule has 0 saturated heterocycles. The molecular weight excluding hydrogens is 126 g/mol. The Hall–Kier alpha value is -1.33. The van der Waals surface area contributed by atoms with E-state index in [2.05, 4.69) is 10.9 Å². The molecule has 1 N–H and O–H groups in total. The lowest BCUT2D eigenvalue weighted by molar-refractivity contribution is 0.238. The van der Waals surface area contributed by atoms with Gasteiger partial charge in [0, 0.05) is 18.0 Å². The van der Waals surface area contributed by atoms with Gasteiger partial charge in [-0.25, -0.2) is 0 Å². The highest BCUT2D eigenvalue weighted by atomic mass is 16.3. The Morgan fingerprint density at radius 2 is 2.50 bits per heavy atom. The highest BCUT2D eigenvalue weighted by Crippen LogP contribution is 2.07. The van der Waals surface area contributed by atoms with Crippen LogP contribution in [0.4, 0.5) is 0 Å². The van der Waals surface area contributed by atoms with E-state index in [9.17, 15) is 0 Å². The van der Waals surface area contributed by atoms with Gasteiger partial charge in [-0.15, -0.1) is 6.42 Å². The minimum atomic E-state index is -0.825. The molecule has 0 aromatic carbocycles. The van der Waals surface area contributed by atoms with Crippen LogP contribution >= 0.6 is 0 Å². The fourth-order valence-corrected chi connectivity index (χ4v) is 0.634. The molecule has 1 aromatic rings. The van der Waals surface area contributed by atoms with E-state index in [-0.39, 0.29) is 0 Å². The third kappa shape index (κ3) is 1.34. The topological polar surface area (TPSA) is 33.1 Å². The van der Waals surface area contributed by atoms with Gasteiger partial charge in [-0.1, -0.05) is 12.0 Å². The summed E-state index contributed by atoms with van der Waals surface area (Å²) in [6, 6.07) is 3.47. The highest BCUT2D eigenvalue weighted by molar-refractivity contribution is 5.19. The van der Waals surface area contributed by atoms with Gasteiger partial charge in [-0.05, 0) is 6.07 Å². The number of nitrogens with zero attached hydrogens (tertiary/aromatic N) is 1. The summed E-state index contributed by atoms with van der Waals surface area (Å²) in [4.78, 5) is 3.80. The second-order valence-corrected chi connectivity index (χ2v) is 1.86. The molecule has 0 aliphatic heterocycles. The van der Waals surface area contributed by atoms with Crippen LogP contribution in [0.15, 0.2) is 24.5 Å². The molecule has 50 valence electrons. The average Bonchev–Trinajstić information content (AvgIpc) is 2.05. The Balaban J connectivity index is 2.88. The zero-order chi connectivity index (χ0) is 7.40. The summed E-state index contributed by atoms with van der Waals surface area (Å²) in [6.45, 7) is 0. The number of rotatable bonds is 1. The van der Waals surface area contributed by atoms with Crippen molar-refractivity contribution in [3.63, 3.8) is 0 Å². The fraction of sp³-hybridized carbons (Fsp3) is 0.125. The lowest BCUT2D eigenvalue weighted by Gasteiger charge is -1.99. The van der Waals surface area contributed by atoms with Gasteiger partial charge in [0.1, 0.15) is 6.10 Å². The number of aliphatic hydroxyl groups is 1. The van der Waals surface area contributed by atoms with Gasteiger partial charge in [0.2, 0.25) is 0 Å². The standard InChI is InChI=1S/C8H7NO/c1-2-8(10)7-4-3-5-9-6-7/h1,3-6,8,10H. The number of hydrogen-bond donors (Lipinski definition) is 1. The van der Waals surface area contributed by atoms with Crippen molar-refractivity contribution in [3.05, 3.63) is 30.1 Å². The molecule has 0 aliphatic rings. The second-order valence-electron chi connectivity index (χ2n) is 1.86. The SMILES string of the molecule is C#CC(O)c1cccnc1. The lowest BCUT2D eigenvalue weighted by atomic mass is 10.2. The van der Waals surface area contributed by atoms with E-state index < -0.39 is 6.10 Å². The summed E-state index contributed by atoms with van der Waals surface area (Å²) in [5.41, 5.74) is 0.657. The van der Waals surface area contributed by atoms with E-state index in [1.54, 1.807) is 24.5 Å².